The van der Waals surface area contributed by atoms with Crippen LogP contribution in [0.25, 0.3) is 0 Å². The summed E-state index contributed by atoms with van der Waals surface area (Å²) in [6.07, 6.45) is 2.23. The van der Waals surface area contributed by atoms with Gasteiger partial charge in [-0.25, -0.2) is 10.8 Å². The van der Waals surface area contributed by atoms with Gasteiger partial charge in [-0.15, -0.1) is 0 Å². The monoisotopic (exact) mass is 276 g/mol. The standard InChI is InChI=1S/C11H18Cl2N4/c1-3-5-6-17(4-2)11-9(13)7-8(12)10(15-11)16-14/h7H,3-6,14H2,1-2H3,(H,15,16). The zero-order chi connectivity index (χ0) is 12.8. The molecule has 0 aliphatic carbocycles. The molecule has 0 atom stereocenters. The first-order chi connectivity index (χ1) is 8.13. The summed E-state index contributed by atoms with van der Waals surface area (Å²) < 4.78 is 0. The second-order valence-electron chi connectivity index (χ2n) is 3.70. The maximum Gasteiger partial charge on any atom is 0.161 e. The molecule has 0 spiro atoms. The van der Waals surface area contributed by atoms with Crippen molar-refractivity contribution >= 4 is 34.8 Å². The van der Waals surface area contributed by atoms with Gasteiger partial charge in [-0.1, -0.05) is 36.5 Å². The Morgan fingerprint density at radius 1 is 1.35 bits per heavy atom. The first-order valence-electron chi connectivity index (χ1n) is 5.71. The largest absolute Gasteiger partial charge is 0.356 e. The first-order valence-corrected chi connectivity index (χ1v) is 6.47. The first kappa shape index (κ1) is 14.4. The molecule has 6 heteroatoms. The average molecular weight is 277 g/mol. The van der Waals surface area contributed by atoms with Gasteiger partial charge >= 0.3 is 0 Å². The van der Waals surface area contributed by atoms with Gasteiger partial charge in [-0.05, 0) is 19.4 Å². The molecule has 1 aromatic rings. The van der Waals surface area contributed by atoms with E-state index in [1.165, 1.54) is 0 Å². The lowest BCUT2D eigenvalue weighted by molar-refractivity contribution is 0.724. The lowest BCUT2D eigenvalue weighted by Gasteiger charge is -2.23. The van der Waals surface area contributed by atoms with Crippen LogP contribution in [-0.2, 0) is 0 Å². The third kappa shape index (κ3) is 3.63. The van der Waals surface area contributed by atoms with E-state index in [2.05, 4.69) is 29.2 Å². The Balaban J connectivity index is 3.01. The third-order valence-electron chi connectivity index (χ3n) is 2.51. The van der Waals surface area contributed by atoms with Crippen LogP contribution >= 0.6 is 23.2 Å². The summed E-state index contributed by atoms with van der Waals surface area (Å²) in [6.45, 7) is 5.99. The predicted molar refractivity (Wildman–Crippen MR) is 74.9 cm³/mol. The van der Waals surface area contributed by atoms with Crippen LogP contribution in [0, 0.1) is 0 Å². The smallest absolute Gasteiger partial charge is 0.161 e. The molecular weight excluding hydrogens is 259 g/mol. The van der Waals surface area contributed by atoms with Crippen LogP contribution in [-0.4, -0.2) is 18.1 Å². The summed E-state index contributed by atoms with van der Waals surface area (Å²) in [7, 11) is 0. The number of anilines is 2. The molecule has 0 saturated carbocycles. The van der Waals surface area contributed by atoms with E-state index in [0.717, 1.165) is 31.7 Å². The van der Waals surface area contributed by atoms with Gasteiger partial charge in [0.25, 0.3) is 0 Å². The number of aromatic nitrogens is 1. The maximum absolute atomic E-state index is 6.15. The number of nitrogens with one attached hydrogen (secondary N) is 1. The molecule has 3 N–H and O–H groups in total. The minimum Gasteiger partial charge on any atom is -0.356 e. The van der Waals surface area contributed by atoms with Gasteiger partial charge in [0.2, 0.25) is 0 Å². The summed E-state index contributed by atoms with van der Waals surface area (Å²) in [5, 5.41) is 0.972. The van der Waals surface area contributed by atoms with Gasteiger partial charge in [0.1, 0.15) is 5.82 Å². The average Bonchev–Trinajstić information content (AvgIpc) is 2.32. The zero-order valence-electron chi connectivity index (χ0n) is 10.1. The van der Waals surface area contributed by atoms with Crippen LogP contribution in [0.3, 0.4) is 0 Å². The highest BCUT2D eigenvalue weighted by atomic mass is 35.5. The molecular formula is C11H18Cl2N4. The molecule has 0 radical (unpaired) electrons. The van der Waals surface area contributed by atoms with E-state index in [4.69, 9.17) is 29.0 Å². The number of nitrogens with two attached hydrogens (primary N) is 1. The molecule has 0 unspecified atom stereocenters. The number of halogens is 2. The summed E-state index contributed by atoms with van der Waals surface area (Å²) in [5.74, 6) is 6.52. The number of pyridine rings is 1. The molecule has 1 rings (SSSR count). The van der Waals surface area contributed by atoms with Crippen LogP contribution in [0.5, 0.6) is 0 Å². The van der Waals surface area contributed by atoms with Gasteiger partial charge < -0.3 is 10.3 Å². The second-order valence-corrected chi connectivity index (χ2v) is 4.52. The second kappa shape index (κ2) is 6.89. The molecule has 0 amide bonds. The normalized spacial score (nSPS) is 10.4. The van der Waals surface area contributed by atoms with E-state index < -0.39 is 0 Å². The van der Waals surface area contributed by atoms with Crippen molar-refractivity contribution in [3.05, 3.63) is 16.1 Å². The van der Waals surface area contributed by atoms with Crippen molar-refractivity contribution in [3.63, 3.8) is 0 Å². The molecule has 0 aromatic carbocycles. The number of unbranched alkanes of at least 4 members (excludes halogenated alkanes) is 1. The molecule has 1 aromatic heterocycles. The number of nitrogen functional groups attached to an aromatic ring is 1. The highest BCUT2D eigenvalue weighted by Crippen LogP contribution is 2.31. The summed E-state index contributed by atoms with van der Waals surface area (Å²) in [5.41, 5.74) is 2.47. The van der Waals surface area contributed by atoms with Crippen LogP contribution in [0.4, 0.5) is 11.6 Å². The summed E-state index contributed by atoms with van der Waals surface area (Å²) >= 11 is 12.1. The van der Waals surface area contributed by atoms with Gasteiger partial charge in [-0.3, -0.25) is 0 Å². The Kier molecular flexibility index (Phi) is 5.82. The SMILES string of the molecule is CCCCN(CC)c1nc(NN)c(Cl)cc1Cl. The minimum atomic E-state index is 0.424. The lowest BCUT2D eigenvalue weighted by atomic mass is 10.3. The Labute approximate surface area is 112 Å². The number of hydrogen-bond donors (Lipinski definition) is 2. The predicted octanol–water partition coefficient (Wildman–Crippen LogP) is 3.30. The van der Waals surface area contributed by atoms with Crippen molar-refractivity contribution in [2.75, 3.05) is 23.4 Å². The molecule has 0 fully saturated rings. The van der Waals surface area contributed by atoms with E-state index in [0.29, 0.717) is 15.9 Å². The van der Waals surface area contributed by atoms with Crippen molar-refractivity contribution in [2.45, 2.75) is 26.7 Å². The van der Waals surface area contributed by atoms with Crippen molar-refractivity contribution in [1.29, 1.82) is 0 Å². The number of hydrazine groups is 1. The van der Waals surface area contributed by atoms with Gasteiger partial charge in [0.15, 0.2) is 5.82 Å². The third-order valence-corrected chi connectivity index (χ3v) is 3.08. The molecule has 0 aliphatic rings. The zero-order valence-corrected chi connectivity index (χ0v) is 11.6. The van der Waals surface area contributed by atoms with Crippen LogP contribution in [0.2, 0.25) is 10.0 Å². The molecule has 0 saturated heterocycles. The van der Waals surface area contributed by atoms with Crippen molar-refractivity contribution in [3.8, 4) is 0 Å². The van der Waals surface area contributed by atoms with Gasteiger partial charge in [0.05, 0.1) is 10.0 Å². The Hall–Kier alpha value is -0.710. The fourth-order valence-electron chi connectivity index (χ4n) is 1.54. The van der Waals surface area contributed by atoms with E-state index in [9.17, 15) is 0 Å². The lowest BCUT2D eigenvalue weighted by Crippen LogP contribution is -2.25. The molecule has 4 nitrogen and oxygen atoms in total. The number of rotatable bonds is 6. The number of nitrogens with zero attached hydrogens (tertiary/aromatic N) is 2. The molecule has 17 heavy (non-hydrogen) atoms. The Bertz CT molecular complexity index is 371. The quantitative estimate of drug-likeness (QED) is 0.618. The van der Waals surface area contributed by atoms with E-state index >= 15 is 0 Å². The Morgan fingerprint density at radius 3 is 2.59 bits per heavy atom. The highest BCUT2D eigenvalue weighted by Gasteiger charge is 2.13. The maximum atomic E-state index is 6.15. The van der Waals surface area contributed by atoms with E-state index in [1.54, 1.807) is 6.07 Å². The topological polar surface area (TPSA) is 54.2 Å². The minimum absolute atomic E-state index is 0.424. The molecule has 0 bridgehead atoms. The number of hydrogen-bond acceptors (Lipinski definition) is 4. The van der Waals surface area contributed by atoms with E-state index in [-0.39, 0.29) is 0 Å². The highest BCUT2D eigenvalue weighted by molar-refractivity contribution is 6.37. The van der Waals surface area contributed by atoms with Crippen LogP contribution < -0.4 is 16.2 Å². The summed E-state index contributed by atoms with van der Waals surface area (Å²) in [6, 6.07) is 1.66. The molecule has 0 aliphatic heterocycles. The van der Waals surface area contributed by atoms with Crippen molar-refractivity contribution in [2.24, 2.45) is 5.84 Å². The van der Waals surface area contributed by atoms with Crippen molar-refractivity contribution < 1.29 is 0 Å². The summed E-state index contributed by atoms with van der Waals surface area (Å²) in [4.78, 5) is 6.45. The molecule has 1 heterocycles. The van der Waals surface area contributed by atoms with Crippen LogP contribution in [0.15, 0.2) is 6.07 Å². The fraction of sp³-hybridized carbons (Fsp3) is 0.545. The van der Waals surface area contributed by atoms with E-state index in [1.807, 2.05) is 0 Å². The fourth-order valence-corrected chi connectivity index (χ4v) is 2.08. The molecule has 96 valence electrons. The Morgan fingerprint density at radius 2 is 2.06 bits per heavy atom. The van der Waals surface area contributed by atoms with Crippen LogP contribution in [0.1, 0.15) is 26.7 Å². The van der Waals surface area contributed by atoms with Gasteiger partial charge in [-0.2, -0.15) is 0 Å². The van der Waals surface area contributed by atoms with Gasteiger partial charge in [0, 0.05) is 13.1 Å². The van der Waals surface area contributed by atoms with Crippen molar-refractivity contribution in [1.82, 2.24) is 4.98 Å².